The number of aliphatic hydroxyl groups excluding tert-OH is 1. The van der Waals surface area contributed by atoms with Crippen molar-refractivity contribution in [3.8, 4) is 0 Å². The zero-order valence-electron chi connectivity index (χ0n) is 14.9. The van der Waals surface area contributed by atoms with Crippen LogP contribution in [0.5, 0.6) is 0 Å². The lowest BCUT2D eigenvalue weighted by Gasteiger charge is -2.20. The van der Waals surface area contributed by atoms with Crippen molar-refractivity contribution < 1.29 is 28.2 Å². The summed E-state index contributed by atoms with van der Waals surface area (Å²) >= 11 is 0. The van der Waals surface area contributed by atoms with Gasteiger partial charge in [-0.2, -0.15) is 4.98 Å². The van der Waals surface area contributed by atoms with Crippen molar-refractivity contribution in [2.24, 2.45) is 0 Å². The van der Waals surface area contributed by atoms with Crippen molar-refractivity contribution in [2.45, 2.75) is 38.9 Å². The first-order valence-electron chi connectivity index (χ1n) is 8.42. The second kappa shape index (κ2) is 8.05. The molecule has 0 spiro atoms. The Morgan fingerprint density at radius 3 is 2.81 bits per heavy atom. The molecule has 3 heterocycles. The van der Waals surface area contributed by atoms with E-state index in [-0.39, 0.29) is 43.1 Å². The van der Waals surface area contributed by atoms with Gasteiger partial charge in [-0.25, -0.2) is 4.98 Å². The smallest absolute Gasteiger partial charge is 0.356 e. The van der Waals surface area contributed by atoms with Gasteiger partial charge in [-0.3, -0.25) is 18.9 Å². The predicted octanol–water partition coefficient (Wildman–Crippen LogP) is 0.548. The van der Waals surface area contributed by atoms with E-state index in [2.05, 4.69) is 15.0 Å². The van der Waals surface area contributed by atoms with Gasteiger partial charge in [0, 0.05) is 6.42 Å². The molecule has 12 nitrogen and oxygen atoms in total. The second-order valence-electron chi connectivity index (χ2n) is 5.78. The van der Waals surface area contributed by atoms with Crippen molar-refractivity contribution in [3.05, 3.63) is 16.7 Å². The molecular weight excluding hydrogens is 381 g/mol. The highest BCUT2D eigenvalue weighted by molar-refractivity contribution is 7.53. The molecule has 1 saturated heterocycles. The number of nitrogens with two attached hydrogens (primary N) is 1. The van der Waals surface area contributed by atoms with Gasteiger partial charge >= 0.3 is 7.60 Å². The fraction of sp³-hybridized carbons (Fsp3) is 0.643. The first-order chi connectivity index (χ1) is 12.9. The molecule has 4 N–H and O–H groups in total. The molecule has 27 heavy (non-hydrogen) atoms. The van der Waals surface area contributed by atoms with E-state index in [0.717, 1.165) is 0 Å². The van der Waals surface area contributed by atoms with Gasteiger partial charge < -0.3 is 29.4 Å². The quantitative estimate of drug-likeness (QED) is 0.530. The van der Waals surface area contributed by atoms with Crippen molar-refractivity contribution in [1.82, 2.24) is 19.5 Å². The van der Waals surface area contributed by atoms with Crippen LogP contribution in [0.3, 0.4) is 0 Å². The number of aliphatic hydroxyl groups is 1. The zero-order chi connectivity index (χ0) is 19.6. The summed E-state index contributed by atoms with van der Waals surface area (Å²) in [5.74, 6) is -0.0797. The lowest BCUT2D eigenvalue weighted by molar-refractivity contribution is -0.146. The number of ether oxygens (including phenoxy) is 2. The lowest BCUT2D eigenvalue weighted by Crippen LogP contribution is -2.20. The molecule has 1 aliphatic heterocycles. The van der Waals surface area contributed by atoms with E-state index in [1.807, 2.05) is 0 Å². The molecule has 0 unspecified atom stereocenters. The van der Waals surface area contributed by atoms with E-state index in [1.54, 1.807) is 13.8 Å². The molecule has 1 aliphatic rings. The van der Waals surface area contributed by atoms with Gasteiger partial charge in [0.05, 0.1) is 19.5 Å². The van der Waals surface area contributed by atoms with Crippen LogP contribution in [0.15, 0.2) is 11.1 Å². The number of rotatable bonds is 8. The van der Waals surface area contributed by atoms with Gasteiger partial charge in [0.15, 0.2) is 30.0 Å². The number of imidazole rings is 1. The number of anilines is 1. The number of aromatic nitrogens is 4. The van der Waals surface area contributed by atoms with Crippen LogP contribution < -0.4 is 11.3 Å². The second-order valence-corrected chi connectivity index (χ2v) is 7.77. The molecule has 150 valence electrons. The lowest BCUT2D eigenvalue weighted by atomic mass is 10.2. The Balaban J connectivity index is 1.74. The molecule has 1 fully saturated rings. The number of H-pyrrole nitrogens is 1. The molecule has 0 saturated carbocycles. The third kappa shape index (κ3) is 4.21. The third-order valence-electron chi connectivity index (χ3n) is 3.85. The number of hydrogen-bond donors (Lipinski definition) is 3. The third-order valence-corrected chi connectivity index (χ3v) is 5.62. The van der Waals surface area contributed by atoms with Crippen molar-refractivity contribution >= 4 is 24.7 Å². The standard InChI is InChI=1S/C14H22N5O7P/c1-3-24-27(22,25-4-2)7-23-9-5-8(20)13(26-9)19-6-16-10-11(19)17-14(15)18-12(10)21/h6,8-9,13,20H,3-5,7H2,1-2H3,(H3,15,17,18,21)/t8-,9-,13+/m0/s1. The SMILES string of the molecule is CCOP(=O)(CO[C@@H]1C[C@H](O)[C@H](n2cnc3c(=O)[nH]c(N)nc32)O1)OCC. The number of aromatic amines is 1. The maximum absolute atomic E-state index is 12.4. The fourth-order valence-electron chi connectivity index (χ4n) is 2.78. The Morgan fingerprint density at radius 1 is 1.44 bits per heavy atom. The minimum atomic E-state index is -3.40. The molecule has 2 aromatic heterocycles. The Bertz CT molecular complexity index is 890. The highest BCUT2D eigenvalue weighted by atomic mass is 31.2. The van der Waals surface area contributed by atoms with Gasteiger partial charge in [-0.1, -0.05) is 0 Å². The summed E-state index contributed by atoms with van der Waals surface area (Å²) < 4.78 is 35.3. The van der Waals surface area contributed by atoms with Crippen molar-refractivity contribution in [2.75, 3.05) is 25.3 Å². The maximum Gasteiger partial charge on any atom is 0.356 e. The average molecular weight is 403 g/mol. The van der Waals surface area contributed by atoms with E-state index >= 15 is 0 Å². The Morgan fingerprint density at radius 2 is 2.15 bits per heavy atom. The monoisotopic (exact) mass is 403 g/mol. The largest absolute Gasteiger partial charge is 0.388 e. The van der Waals surface area contributed by atoms with Gasteiger partial charge in [-0.15, -0.1) is 0 Å². The van der Waals surface area contributed by atoms with E-state index in [0.29, 0.717) is 0 Å². The van der Waals surface area contributed by atoms with E-state index in [4.69, 9.17) is 24.3 Å². The molecule has 3 atom stereocenters. The average Bonchev–Trinajstić information content (AvgIpc) is 3.17. The number of nitrogens with one attached hydrogen (secondary N) is 1. The molecule has 0 aromatic carbocycles. The first kappa shape index (κ1) is 19.9. The Hall–Kier alpha value is -1.82. The normalized spacial score (nSPS) is 23.3. The minimum Gasteiger partial charge on any atom is -0.388 e. The summed E-state index contributed by atoms with van der Waals surface area (Å²) in [7, 11) is -3.40. The van der Waals surface area contributed by atoms with Gasteiger partial charge in [0.1, 0.15) is 6.10 Å². The summed E-state index contributed by atoms with van der Waals surface area (Å²) in [6, 6.07) is 0. The van der Waals surface area contributed by atoms with Crippen molar-refractivity contribution in [3.63, 3.8) is 0 Å². The topological polar surface area (TPSA) is 164 Å². The maximum atomic E-state index is 12.4. The molecule has 0 bridgehead atoms. The molecule has 13 heteroatoms. The molecular formula is C14H22N5O7P. The summed E-state index contributed by atoms with van der Waals surface area (Å²) in [6.45, 7) is 3.81. The number of fused-ring (bicyclic) bond motifs is 1. The summed E-state index contributed by atoms with van der Waals surface area (Å²) in [5, 5.41) is 10.3. The van der Waals surface area contributed by atoms with Gasteiger partial charge in [0.2, 0.25) is 5.95 Å². The molecule has 0 amide bonds. The summed E-state index contributed by atoms with van der Waals surface area (Å²) in [5.41, 5.74) is 5.32. The van der Waals surface area contributed by atoms with Crippen molar-refractivity contribution in [1.29, 1.82) is 0 Å². The minimum absolute atomic E-state index is 0.0709. The molecule has 0 aliphatic carbocycles. The fourth-order valence-corrected chi connectivity index (χ4v) is 4.14. The van der Waals surface area contributed by atoms with Crippen LogP contribution >= 0.6 is 7.60 Å². The molecule has 0 radical (unpaired) electrons. The van der Waals surface area contributed by atoms with Gasteiger partial charge in [0.25, 0.3) is 5.56 Å². The van der Waals surface area contributed by atoms with Crippen LogP contribution in [0.4, 0.5) is 5.95 Å². The van der Waals surface area contributed by atoms with Crippen LogP contribution in [-0.2, 0) is 23.1 Å². The van der Waals surface area contributed by atoms with Crippen LogP contribution in [0.25, 0.3) is 11.2 Å². The highest BCUT2D eigenvalue weighted by Gasteiger charge is 2.38. The highest BCUT2D eigenvalue weighted by Crippen LogP contribution is 2.48. The number of nitrogens with zero attached hydrogens (tertiary/aromatic N) is 3. The first-order valence-corrected chi connectivity index (χ1v) is 10.1. The van der Waals surface area contributed by atoms with Crippen LogP contribution in [0.1, 0.15) is 26.5 Å². The predicted molar refractivity (Wildman–Crippen MR) is 93.9 cm³/mol. The molecule has 2 aromatic rings. The number of nitrogen functional groups attached to an aromatic ring is 1. The Kier molecular flexibility index (Phi) is 5.94. The molecule has 3 rings (SSSR count). The van der Waals surface area contributed by atoms with E-state index < -0.39 is 31.8 Å². The summed E-state index contributed by atoms with van der Waals surface area (Å²) in [4.78, 5) is 22.2. The number of hydrogen-bond acceptors (Lipinski definition) is 10. The van der Waals surface area contributed by atoms with Gasteiger partial charge in [-0.05, 0) is 13.8 Å². The van der Waals surface area contributed by atoms with Crippen LogP contribution in [-0.4, -0.2) is 56.6 Å². The Labute approximate surface area is 154 Å². The van der Waals surface area contributed by atoms with Crippen LogP contribution in [0, 0.1) is 0 Å². The zero-order valence-corrected chi connectivity index (χ0v) is 15.8. The summed E-state index contributed by atoms with van der Waals surface area (Å²) in [6.07, 6.45) is -1.58. The van der Waals surface area contributed by atoms with E-state index in [9.17, 15) is 14.5 Å². The van der Waals surface area contributed by atoms with Crippen LogP contribution in [0.2, 0.25) is 0 Å². The van der Waals surface area contributed by atoms with E-state index in [1.165, 1.54) is 10.9 Å².